The topological polar surface area (TPSA) is 75.4 Å². The highest BCUT2D eigenvalue weighted by atomic mass is 16.6. The van der Waals surface area contributed by atoms with E-state index in [9.17, 15) is 15.2 Å². The summed E-state index contributed by atoms with van der Waals surface area (Å²) < 4.78 is 0. The molecule has 0 heterocycles. The molecule has 16 heavy (non-hydrogen) atoms. The molecule has 1 atom stereocenters. The highest BCUT2D eigenvalue weighted by Crippen LogP contribution is 2.20. The molecular weight excluding hydrogens is 208 g/mol. The molecule has 1 rings (SSSR count). The number of nitro groups is 1. The van der Waals surface area contributed by atoms with Crippen LogP contribution in [0.1, 0.15) is 20.8 Å². The maximum Gasteiger partial charge on any atom is 0.269 e. The monoisotopic (exact) mass is 224 g/mol. The van der Waals surface area contributed by atoms with Gasteiger partial charge in [-0.3, -0.25) is 10.1 Å². The molecule has 1 unspecified atom stereocenters. The van der Waals surface area contributed by atoms with Crippen molar-refractivity contribution in [3.8, 4) is 0 Å². The Morgan fingerprint density at radius 3 is 2.25 bits per heavy atom. The van der Waals surface area contributed by atoms with E-state index in [1.807, 2.05) is 13.8 Å². The predicted molar refractivity (Wildman–Crippen MR) is 62.5 cm³/mol. The van der Waals surface area contributed by atoms with Crippen LogP contribution in [0.3, 0.4) is 0 Å². The standard InChI is InChI=1S/C11H16N2O3/c1-8(14)11(2,3)12-9-4-6-10(7-5-9)13(15)16/h4-8,12,14H,1-3H3. The van der Waals surface area contributed by atoms with Crippen molar-refractivity contribution >= 4 is 11.4 Å². The normalized spacial score (nSPS) is 13.2. The Bertz CT molecular complexity index is 371. The van der Waals surface area contributed by atoms with Gasteiger partial charge in [-0.1, -0.05) is 0 Å². The largest absolute Gasteiger partial charge is 0.391 e. The van der Waals surface area contributed by atoms with Crippen LogP contribution in [0.15, 0.2) is 24.3 Å². The molecule has 0 saturated carbocycles. The number of nitrogens with zero attached hydrogens (tertiary/aromatic N) is 1. The van der Waals surface area contributed by atoms with Crippen molar-refractivity contribution in [2.45, 2.75) is 32.4 Å². The quantitative estimate of drug-likeness (QED) is 0.607. The highest BCUT2D eigenvalue weighted by molar-refractivity contribution is 5.50. The van der Waals surface area contributed by atoms with Gasteiger partial charge >= 0.3 is 0 Å². The van der Waals surface area contributed by atoms with Crippen LogP contribution in [0.5, 0.6) is 0 Å². The average molecular weight is 224 g/mol. The smallest absolute Gasteiger partial charge is 0.269 e. The molecule has 5 heteroatoms. The Balaban J connectivity index is 2.80. The van der Waals surface area contributed by atoms with Crippen LogP contribution in [0.25, 0.3) is 0 Å². The lowest BCUT2D eigenvalue weighted by Crippen LogP contribution is -2.41. The maximum atomic E-state index is 10.5. The molecule has 1 aromatic rings. The summed E-state index contributed by atoms with van der Waals surface area (Å²) in [6, 6.07) is 6.12. The van der Waals surface area contributed by atoms with E-state index in [1.165, 1.54) is 12.1 Å². The van der Waals surface area contributed by atoms with Gasteiger partial charge in [-0.15, -0.1) is 0 Å². The molecule has 0 radical (unpaired) electrons. The van der Waals surface area contributed by atoms with E-state index in [4.69, 9.17) is 0 Å². The molecule has 0 spiro atoms. The van der Waals surface area contributed by atoms with Crippen LogP contribution in [0, 0.1) is 10.1 Å². The minimum atomic E-state index is -0.525. The molecule has 2 N–H and O–H groups in total. The van der Waals surface area contributed by atoms with Gasteiger partial charge in [-0.25, -0.2) is 0 Å². The van der Waals surface area contributed by atoms with E-state index in [0.29, 0.717) is 0 Å². The van der Waals surface area contributed by atoms with Gasteiger partial charge in [0.2, 0.25) is 0 Å². The minimum absolute atomic E-state index is 0.0559. The molecule has 0 aliphatic carbocycles. The van der Waals surface area contributed by atoms with Crippen molar-refractivity contribution < 1.29 is 10.0 Å². The van der Waals surface area contributed by atoms with Gasteiger partial charge < -0.3 is 10.4 Å². The van der Waals surface area contributed by atoms with E-state index in [1.54, 1.807) is 19.1 Å². The number of nitro benzene ring substituents is 1. The van der Waals surface area contributed by atoms with Crippen molar-refractivity contribution in [2.75, 3.05) is 5.32 Å². The first-order valence-electron chi connectivity index (χ1n) is 5.03. The van der Waals surface area contributed by atoms with E-state index in [0.717, 1.165) is 5.69 Å². The first kappa shape index (κ1) is 12.4. The van der Waals surface area contributed by atoms with Crippen molar-refractivity contribution in [2.24, 2.45) is 0 Å². The van der Waals surface area contributed by atoms with Crippen molar-refractivity contribution in [1.82, 2.24) is 0 Å². The van der Waals surface area contributed by atoms with Crippen molar-refractivity contribution in [1.29, 1.82) is 0 Å². The summed E-state index contributed by atoms with van der Waals surface area (Å²) in [7, 11) is 0. The number of rotatable bonds is 4. The maximum absolute atomic E-state index is 10.5. The number of non-ortho nitro benzene ring substituents is 1. The zero-order chi connectivity index (χ0) is 12.3. The zero-order valence-corrected chi connectivity index (χ0v) is 9.60. The first-order chi connectivity index (χ1) is 7.33. The number of aliphatic hydroxyl groups excluding tert-OH is 1. The van der Waals surface area contributed by atoms with Gasteiger partial charge in [0.15, 0.2) is 0 Å². The van der Waals surface area contributed by atoms with E-state index in [-0.39, 0.29) is 5.69 Å². The summed E-state index contributed by atoms with van der Waals surface area (Å²) >= 11 is 0. The molecule has 1 aromatic carbocycles. The fourth-order valence-electron chi connectivity index (χ4n) is 1.14. The Hall–Kier alpha value is -1.62. The molecule has 0 fully saturated rings. The summed E-state index contributed by atoms with van der Waals surface area (Å²) in [5, 5.41) is 23.1. The summed E-state index contributed by atoms with van der Waals surface area (Å²) in [6.07, 6.45) is -0.525. The SMILES string of the molecule is CC(O)C(C)(C)Nc1ccc([N+](=O)[O-])cc1. The zero-order valence-electron chi connectivity index (χ0n) is 9.60. The van der Waals surface area contributed by atoms with Crippen LogP contribution < -0.4 is 5.32 Å². The van der Waals surface area contributed by atoms with Gasteiger partial charge in [0.25, 0.3) is 5.69 Å². The lowest BCUT2D eigenvalue weighted by Gasteiger charge is -2.30. The second-order valence-corrected chi connectivity index (χ2v) is 4.33. The summed E-state index contributed by atoms with van der Waals surface area (Å²) in [5.74, 6) is 0. The average Bonchev–Trinajstić information content (AvgIpc) is 2.17. The summed E-state index contributed by atoms with van der Waals surface area (Å²) in [4.78, 5) is 10.0. The number of anilines is 1. The summed E-state index contributed by atoms with van der Waals surface area (Å²) in [5.41, 5.74) is 0.327. The summed E-state index contributed by atoms with van der Waals surface area (Å²) in [6.45, 7) is 5.41. The molecule has 0 saturated heterocycles. The lowest BCUT2D eigenvalue weighted by molar-refractivity contribution is -0.384. The molecule has 88 valence electrons. The van der Waals surface area contributed by atoms with Crippen LogP contribution in [0.4, 0.5) is 11.4 Å². The first-order valence-corrected chi connectivity index (χ1v) is 5.03. The van der Waals surface area contributed by atoms with E-state index < -0.39 is 16.6 Å². The van der Waals surface area contributed by atoms with Crippen LogP contribution in [-0.4, -0.2) is 21.7 Å². The Morgan fingerprint density at radius 2 is 1.88 bits per heavy atom. The minimum Gasteiger partial charge on any atom is -0.391 e. The van der Waals surface area contributed by atoms with Crippen molar-refractivity contribution in [3.63, 3.8) is 0 Å². The number of hydrogen-bond acceptors (Lipinski definition) is 4. The number of hydrogen-bond donors (Lipinski definition) is 2. The second kappa shape index (κ2) is 4.49. The van der Waals surface area contributed by atoms with Gasteiger partial charge in [0, 0.05) is 17.8 Å². The van der Waals surface area contributed by atoms with Crippen LogP contribution in [0.2, 0.25) is 0 Å². The van der Waals surface area contributed by atoms with Gasteiger partial charge in [-0.05, 0) is 32.9 Å². The van der Waals surface area contributed by atoms with Gasteiger partial charge in [0.05, 0.1) is 16.6 Å². The Kier molecular flexibility index (Phi) is 3.49. The van der Waals surface area contributed by atoms with Crippen molar-refractivity contribution in [3.05, 3.63) is 34.4 Å². The van der Waals surface area contributed by atoms with Crippen LogP contribution >= 0.6 is 0 Å². The molecule has 0 aliphatic heterocycles. The van der Waals surface area contributed by atoms with E-state index >= 15 is 0 Å². The molecular formula is C11H16N2O3. The molecule has 0 bridgehead atoms. The third-order valence-electron chi connectivity index (χ3n) is 2.59. The molecule has 5 nitrogen and oxygen atoms in total. The predicted octanol–water partition coefficient (Wildman–Crippen LogP) is 2.17. The molecule has 0 amide bonds. The fraction of sp³-hybridized carbons (Fsp3) is 0.455. The lowest BCUT2D eigenvalue weighted by atomic mass is 9.98. The Labute approximate surface area is 94.3 Å². The highest BCUT2D eigenvalue weighted by Gasteiger charge is 2.23. The van der Waals surface area contributed by atoms with Gasteiger partial charge in [0.1, 0.15) is 0 Å². The number of benzene rings is 1. The number of nitrogens with one attached hydrogen (secondary N) is 1. The van der Waals surface area contributed by atoms with E-state index in [2.05, 4.69) is 5.32 Å². The van der Waals surface area contributed by atoms with Gasteiger partial charge in [-0.2, -0.15) is 0 Å². The fourth-order valence-corrected chi connectivity index (χ4v) is 1.14. The van der Waals surface area contributed by atoms with Crippen LogP contribution in [-0.2, 0) is 0 Å². The third kappa shape index (κ3) is 2.93. The Morgan fingerprint density at radius 1 is 1.38 bits per heavy atom. The second-order valence-electron chi connectivity index (χ2n) is 4.33. The number of aliphatic hydroxyl groups is 1. The third-order valence-corrected chi connectivity index (χ3v) is 2.59. The molecule has 0 aromatic heterocycles. The molecule has 0 aliphatic rings.